The second kappa shape index (κ2) is 8.61. The summed E-state index contributed by atoms with van der Waals surface area (Å²) in [6.45, 7) is 7.12. The number of piperazine rings is 1. The Morgan fingerprint density at radius 3 is 2.32 bits per heavy atom. The van der Waals surface area contributed by atoms with Crippen LogP contribution in [0.4, 0.5) is 0 Å². The first-order valence-corrected chi connectivity index (χ1v) is 13.0. The maximum atomic E-state index is 13.9. The Labute approximate surface area is 215 Å². The average molecular weight is 497 g/mol. The number of hydrogen-bond donors (Lipinski definition) is 2. The Balaban J connectivity index is 1.18. The molecule has 2 amide bonds. The number of rotatable bonds is 5. The van der Waals surface area contributed by atoms with Crippen molar-refractivity contribution < 1.29 is 14.4 Å². The Hall–Kier alpha value is -3.87. The van der Waals surface area contributed by atoms with E-state index in [-0.39, 0.29) is 41.5 Å². The van der Waals surface area contributed by atoms with Gasteiger partial charge in [-0.15, -0.1) is 0 Å². The van der Waals surface area contributed by atoms with Gasteiger partial charge >= 0.3 is 0 Å². The number of carbonyl (C=O) groups is 3. The van der Waals surface area contributed by atoms with Gasteiger partial charge in [-0.3, -0.25) is 14.4 Å². The molecule has 2 N–H and O–H groups in total. The number of aromatic nitrogens is 2. The molecule has 2 aromatic heterocycles. The fraction of sp³-hybridized carbons (Fsp3) is 0.367. The number of benzene rings is 2. The summed E-state index contributed by atoms with van der Waals surface area (Å²) >= 11 is 0. The number of amides is 2. The van der Waals surface area contributed by atoms with Crippen LogP contribution in [0, 0.1) is 11.3 Å². The summed E-state index contributed by atoms with van der Waals surface area (Å²) in [4.78, 5) is 50.8. The first-order valence-electron chi connectivity index (χ1n) is 13.0. The van der Waals surface area contributed by atoms with Crippen LogP contribution in [0.5, 0.6) is 0 Å². The average Bonchev–Trinajstić information content (AvgIpc) is 3.66. The minimum Gasteiger partial charge on any atom is -0.360 e. The predicted octanol–water partition coefficient (Wildman–Crippen LogP) is 5.01. The van der Waals surface area contributed by atoms with Crippen LogP contribution in [-0.2, 0) is 4.79 Å². The van der Waals surface area contributed by atoms with Gasteiger partial charge in [0.05, 0.1) is 29.3 Å². The standard InChI is InChI=1S/C30H32N4O3/c1-30(2,3)23(14-27(35)26-12-18-8-4-6-10-24(18)32-26)29(37)34-17-19-13-20(34)16-33(19)28(36)22-15-31-25-11-7-5-9-21(22)25/h4-12,15,19-20,23,31-32H,13-14,16-17H2,1-3H3/t19-,20-,23+/m0/s1. The summed E-state index contributed by atoms with van der Waals surface area (Å²) in [5, 5.41) is 1.91. The molecular weight excluding hydrogens is 464 g/mol. The van der Waals surface area contributed by atoms with E-state index in [0.29, 0.717) is 24.3 Å². The van der Waals surface area contributed by atoms with E-state index in [0.717, 1.165) is 28.2 Å². The van der Waals surface area contributed by atoms with Crippen molar-refractivity contribution in [3.63, 3.8) is 0 Å². The first kappa shape index (κ1) is 23.5. The van der Waals surface area contributed by atoms with Crippen LogP contribution in [0.1, 0.15) is 54.5 Å². The van der Waals surface area contributed by atoms with Crippen molar-refractivity contribution in [2.45, 2.75) is 45.7 Å². The molecule has 2 aliphatic heterocycles. The van der Waals surface area contributed by atoms with E-state index in [1.165, 1.54) is 0 Å². The second-order valence-electron chi connectivity index (χ2n) is 11.6. The lowest BCUT2D eigenvalue weighted by atomic mass is 9.76. The third-order valence-corrected chi connectivity index (χ3v) is 8.17. The maximum Gasteiger partial charge on any atom is 0.256 e. The van der Waals surface area contributed by atoms with E-state index >= 15 is 0 Å². The molecule has 2 saturated heterocycles. The first-order chi connectivity index (χ1) is 17.7. The maximum absolute atomic E-state index is 13.9. The molecule has 0 saturated carbocycles. The van der Waals surface area contributed by atoms with Crippen molar-refractivity contribution in [2.75, 3.05) is 13.1 Å². The van der Waals surface area contributed by atoms with Gasteiger partial charge in [-0.1, -0.05) is 57.2 Å². The number of aromatic amines is 2. The number of fused-ring (bicyclic) bond motifs is 4. The third-order valence-electron chi connectivity index (χ3n) is 8.17. The van der Waals surface area contributed by atoms with Crippen molar-refractivity contribution in [1.82, 2.24) is 19.8 Å². The SMILES string of the molecule is CC(C)(C)[C@H](CC(=O)c1cc2ccccc2[nH]1)C(=O)N1C[C@@H]2C[C@H]1CN2C(=O)c1c[nH]c2ccccc12. The van der Waals surface area contributed by atoms with Crippen LogP contribution in [0.25, 0.3) is 21.8 Å². The van der Waals surface area contributed by atoms with Gasteiger partial charge in [0.1, 0.15) is 0 Å². The number of hydrogen-bond acceptors (Lipinski definition) is 3. The lowest BCUT2D eigenvalue weighted by Gasteiger charge is -2.39. The molecule has 2 aromatic carbocycles. The van der Waals surface area contributed by atoms with Gasteiger partial charge in [0, 0.05) is 47.5 Å². The Morgan fingerprint density at radius 2 is 1.62 bits per heavy atom. The monoisotopic (exact) mass is 496 g/mol. The summed E-state index contributed by atoms with van der Waals surface area (Å²) in [6, 6.07) is 17.5. The zero-order valence-corrected chi connectivity index (χ0v) is 21.5. The zero-order valence-electron chi connectivity index (χ0n) is 21.5. The fourth-order valence-electron chi connectivity index (χ4n) is 6.07. The molecule has 0 unspecified atom stereocenters. The highest BCUT2D eigenvalue weighted by atomic mass is 16.2. The highest BCUT2D eigenvalue weighted by Crippen LogP contribution is 2.38. The molecule has 2 fully saturated rings. The van der Waals surface area contributed by atoms with Crippen LogP contribution in [0.2, 0.25) is 0 Å². The number of Topliss-reactive ketones (excluding diaryl/α,β-unsaturated/α-hetero) is 1. The smallest absolute Gasteiger partial charge is 0.256 e. The summed E-state index contributed by atoms with van der Waals surface area (Å²) in [5.74, 6) is -0.462. The van der Waals surface area contributed by atoms with Gasteiger partial charge in [-0.2, -0.15) is 0 Å². The number of para-hydroxylation sites is 2. The molecule has 4 heterocycles. The van der Waals surface area contributed by atoms with Crippen molar-refractivity contribution in [2.24, 2.45) is 11.3 Å². The number of ketones is 1. The minimum absolute atomic E-state index is 0.000128. The highest BCUT2D eigenvalue weighted by molar-refractivity contribution is 6.07. The number of likely N-dealkylation sites (tertiary alicyclic amines) is 2. The Morgan fingerprint density at radius 1 is 0.946 bits per heavy atom. The van der Waals surface area contributed by atoms with Crippen LogP contribution in [0.3, 0.4) is 0 Å². The van der Waals surface area contributed by atoms with E-state index in [2.05, 4.69) is 9.97 Å². The molecule has 3 atom stereocenters. The Bertz CT molecular complexity index is 1490. The topological polar surface area (TPSA) is 89.3 Å². The molecule has 0 spiro atoms. The zero-order chi connectivity index (χ0) is 25.9. The van der Waals surface area contributed by atoms with Gasteiger partial charge in [0.2, 0.25) is 5.91 Å². The molecular formula is C30H32N4O3. The summed E-state index contributed by atoms with van der Waals surface area (Å²) in [6.07, 6.45) is 2.72. The summed E-state index contributed by atoms with van der Waals surface area (Å²) in [5.41, 5.74) is 2.71. The number of H-pyrrole nitrogens is 2. The van der Waals surface area contributed by atoms with Gasteiger partial charge < -0.3 is 19.8 Å². The van der Waals surface area contributed by atoms with Gasteiger partial charge in [0.15, 0.2) is 5.78 Å². The quantitative estimate of drug-likeness (QED) is 0.381. The lowest BCUT2D eigenvalue weighted by Crippen LogP contribution is -2.53. The van der Waals surface area contributed by atoms with Crippen LogP contribution in [-0.4, -0.2) is 62.5 Å². The molecule has 37 heavy (non-hydrogen) atoms. The van der Waals surface area contributed by atoms with Crippen molar-refractivity contribution >= 4 is 39.4 Å². The number of carbonyl (C=O) groups excluding carboxylic acids is 3. The van der Waals surface area contributed by atoms with E-state index < -0.39 is 5.92 Å². The molecule has 7 heteroatoms. The van der Waals surface area contributed by atoms with Gasteiger partial charge in [-0.05, 0) is 30.0 Å². The molecule has 2 aliphatic rings. The van der Waals surface area contributed by atoms with Crippen LogP contribution in [0.15, 0.2) is 60.8 Å². The molecule has 7 nitrogen and oxygen atoms in total. The van der Waals surface area contributed by atoms with Crippen LogP contribution >= 0.6 is 0 Å². The molecule has 0 radical (unpaired) electrons. The van der Waals surface area contributed by atoms with Crippen LogP contribution < -0.4 is 0 Å². The van der Waals surface area contributed by atoms with E-state index in [4.69, 9.17) is 0 Å². The van der Waals surface area contributed by atoms with E-state index in [9.17, 15) is 14.4 Å². The molecule has 6 rings (SSSR count). The number of nitrogens with zero attached hydrogens (tertiary/aromatic N) is 2. The van der Waals surface area contributed by atoms with E-state index in [1.807, 2.05) is 85.2 Å². The van der Waals surface area contributed by atoms with Gasteiger partial charge in [-0.25, -0.2) is 0 Å². The van der Waals surface area contributed by atoms with Crippen molar-refractivity contribution in [1.29, 1.82) is 0 Å². The molecule has 190 valence electrons. The molecule has 2 bridgehead atoms. The largest absolute Gasteiger partial charge is 0.360 e. The summed E-state index contributed by atoms with van der Waals surface area (Å²) in [7, 11) is 0. The lowest BCUT2D eigenvalue weighted by molar-refractivity contribution is -0.141. The predicted molar refractivity (Wildman–Crippen MR) is 143 cm³/mol. The summed E-state index contributed by atoms with van der Waals surface area (Å²) < 4.78 is 0. The number of nitrogens with one attached hydrogen (secondary N) is 2. The normalized spacial score (nSPS) is 20.2. The second-order valence-corrected chi connectivity index (χ2v) is 11.6. The third kappa shape index (κ3) is 4.02. The molecule has 0 aliphatic carbocycles. The van der Waals surface area contributed by atoms with E-state index in [1.54, 1.807) is 6.20 Å². The minimum atomic E-state index is -0.441. The van der Waals surface area contributed by atoms with Crippen molar-refractivity contribution in [3.8, 4) is 0 Å². The fourth-order valence-corrected chi connectivity index (χ4v) is 6.07. The van der Waals surface area contributed by atoms with Gasteiger partial charge in [0.25, 0.3) is 5.91 Å². The Kier molecular flexibility index (Phi) is 5.48. The highest BCUT2D eigenvalue weighted by Gasteiger charge is 2.50. The van der Waals surface area contributed by atoms with Crippen molar-refractivity contribution in [3.05, 3.63) is 72.1 Å². The molecule has 4 aromatic rings.